The lowest BCUT2D eigenvalue weighted by molar-refractivity contribution is -0.136. The monoisotopic (exact) mass is 402 g/mol. The van der Waals surface area contributed by atoms with Gasteiger partial charge in [-0.15, -0.1) is 0 Å². The van der Waals surface area contributed by atoms with Gasteiger partial charge in [0.15, 0.2) is 5.78 Å². The molecule has 1 N–H and O–H groups in total. The summed E-state index contributed by atoms with van der Waals surface area (Å²) in [7, 11) is 5.23. The molecule has 0 bridgehead atoms. The Kier molecular flexibility index (Phi) is 5.32. The first-order valence-corrected chi connectivity index (χ1v) is 9.72. The van der Waals surface area contributed by atoms with Gasteiger partial charge in [-0.2, -0.15) is 0 Å². The number of carbonyl (C=O) groups is 2. The van der Waals surface area contributed by atoms with E-state index in [4.69, 9.17) is 16.3 Å². The topological polar surface area (TPSA) is 58.6 Å². The van der Waals surface area contributed by atoms with E-state index in [1.54, 1.807) is 0 Å². The minimum absolute atomic E-state index is 0.0467. The predicted molar refractivity (Wildman–Crippen MR) is 111 cm³/mol. The maximum absolute atomic E-state index is 13.2. The number of halogens is 1. The van der Waals surface area contributed by atoms with Crippen molar-refractivity contribution < 1.29 is 14.3 Å². The van der Waals surface area contributed by atoms with Crippen molar-refractivity contribution in [1.82, 2.24) is 5.32 Å². The average Bonchev–Trinajstić information content (AvgIpc) is 2.58. The van der Waals surface area contributed by atoms with E-state index >= 15 is 0 Å². The summed E-state index contributed by atoms with van der Waals surface area (Å²) >= 11 is 6.65. The molecule has 0 saturated carbocycles. The van der Waals surface area contributed by atoms with E-state index in [2.05, 4.69) is 19.2 Å². The van der Waals surface area contributed by atoms with Crippen molar-refractivity contribution in [1.29, 1.82) is 0 Å². The number of esters is 1. The number of ketones is 1. The van der Waals surface area contributed by atoms with E-state index < -0.39 is 11.9 Å². The lowest BCUT2D eigenvalue weighted by Gasteiger charge is -2.39. The second-order valence-electron chi connectivity index (χ2n) is 8.52. The van der Waals surface area contributed by atoms with Gasteiger partial charge >= 0.3 is 5.97 Å². The number of nitrogens with zero attached hydrogens (tertiary/aromatic N) is 1. The Labute approximate surface area is 171 Å². The molecule has 1 atom stereocenters. The van der Waals surface area contributed by atoms with Crippen LogP contribution >= 0.6 is 11.6 Å². The summed E-state index contributed by atoms with van der Waals surface area (Å²) in [5.74, 6) is -0.937. The molecule has 2 aliphatic rings. The lowest BCUT2D eigenvalue weighted by atomic mass is 9.68. The van der Waals surface area contributed by atoms with Gasteiger partial charge in [0.25, 0.3) is 0 Å². The molecule has 1 aliphatic heterocycles. The van der Waals surface area contributed by atoms with E-state index in [0.717, 1.165) is 23.4 Å². The molecule has 0 saturated heterocycles. The molecule has 150 valence electrons. The number of rotatable bonds is 3. The highest BCUT2D eigenvalue weighted by Crippen LogP contribution is 2.48. The van der Waals surface area contributed by atoms with Crippen LogP contribution in [0.1, 0.15) is 45.1 Å². The lowest BCUT2D eigenvalue weighted by Crippen LogP contribution is -2.38. The molecule has 1 aromatic rings. The summed E-state index contributed by atoms with van der Waals surface area (Å²) in [6, 6.07) is 5.72. The number of dihydropyridines is 1. The Hall–Kier alpha value is -2.27. The maximum atomic E-state index is 13.2. The van der Waals surface area contributed by atoms with Gasteiger partial charge in [0, 0.05) is 54.1 Å². The van der Waals surface area contributed by atoms with E-state index in [9.17, 15) is 9.59 Å². The highest BCUT2D eigenvalue weighted by Gasteiger charge is 2.43. The van der Waals surface area contributed by atoms with Crippen LogP contribution in [0.25, 0.3) is 0 Å². The largest absolute Gasteiger partial charge is 0.466 e. The molecule has 1 aliphatic carbocycles. The first-order chi connectivity index (χ1) is 13.1. The molecule has 1 aromatic carbocycles. The number of ether oxygens (including phenoxy) is 1. The van der Waals surface area contributed by atoms with Crippen molar-refractivity contribution in [2.75, 3.05) is 26.1 Å². The van der Waals surface area contributed by atoms with E-state index in [1.807, 2.05) is 44.1 Å². The van der Waals surface area contributed by atoms with Gasteiger partial charge in [0.2, 0.25) is 0 Å². The van der Waals surface area contributed by atoms with E-state index in [-0.39, 0.29) is 11.2 Å². The summed E-state index contributed by atoms with van der Waals surface area (Å²) in [6.07, 6.45) is 1.18. The van der Waals surface area contributed by atoms with Gasteiger partial charge in [0.05, 0.1) is 12.7 Å². The quantitative estimate of drug-likeness (QED) is 0.768. The van der Waals surface area contributed by atoms with Gasteiger partial charge < -0.3 is 15.0 Å². The number of hydrogen-bond acceptors (Lipinski definition) is 5. The molecule has 28 heavy (non-hydrogen) atoms. The van der Waals surface area contributed by atoms with Crippen LogP contribution in [0.5, 0.6) is 0 Å². The minimum Gasteiger partial charge on any atom is -0.466 e. The van der Waals surface area contributed by atoms with Crippen LogP contribution in [-0.2, 0) is 14.3 Å². The molecule has 0 fully saturated rings. The third kappa shape index (κ3) is 3.55. The molecule has 0 radical (unpaired) electrons. The standard InChI is InChI=1S/C22H27ClN2O3/c1-12-18(21(27)28-6)19(14-8-7-13(25(4)5)9-15(14)23)20-16(24-12)10-22(2,3)11-17(20)26/h7-9,19,24H,10-11H2,1-6H3. The van der Waals surface area contributed by atoms with Crippen molar-refractivity contribution in [3.05, 3.63) is 51.3 Å². The highest BCUT2D eigenvalue weighted by atomic mass is 35.5. The van der Waals surface area contributed by atoms with Crippen molar-refractivity contribution >= 4 is 29.0 Å². The van der Waals surface area contributed by atoms with Crippen LogP contribution in [0.4, 0.5) is 5.69 Å². The number of allylic oxidation sites excluding steroid dienone is 3. The first-order valence-electron chi connectivity index (χ1n) is 9.35. The van der Waals surface area contributed by atoms with Gasteiger partial charge in [0.1, 0.15) is 0 Å². The van der Waals surface area contributed by atoms with Crippen LogP contribution in [0, 0.1) is 5.41 Å². The highest BCUT2D eigenvalue weighted by molar-refractivity contribution is 6.32. The minimum atomic E-state index is -0.531. The summed E-state index contributed by atoms with van der Waals surface area (Å²) in [5, 5.41) is 3.83. The Morgan fingerprint density at radius 1 is 1.29 bits per heavy atom. The number of benzene rings is 1. The van der Waals surface area contributed by atoms with Gasteiger partial charge in [-0.1, -0.05) is 31.5 Å². The third-order valence-corrected chi connectivity index (χ3v) is 5.78. The summed E-state index contributed by atoms with van der Waals surface area (Å²) < 4.78 is 5.05. The van der Waals surface area contributed by atoms with Crippen molar-refractivity contribution in [2.45, 2.75) is 39.5 Å². The van der Waals surface area contributed by atoms with Crippen molar-refractivity contribution in [3.8, 4) is 0 Å². The van der Waals surface area contributed by atoms with Gasteiger partial charge in [-0.25, -0.2) is 4.79 Å². The molecule has 6 heteroatoms. The summed E-state index contributed by atoms with van der Waals surface area (Å²) in [6.45, 7) is 6.01. The number of Topliss-reactive ketones (excluding diaryl/α,β-unsaturated/α-hetero) is 1. The van der Waals surface area contributed by atoms with Crippen molar-refractivity contribution in [2.24, 2.45) is 5.41 Å². The third-order valence-electron chi connectivity index (χ3n) is 5.46. The fourth-order valence-electron chi connectivity index (χ4n) is 4.16. The fraction of sp³-hybridized carbons (Fsp3) is 0.455. The molecule has 1 unspecified atom stereocenters. The molecule has 5 nitrogen and oxygen atoms in total. The van der Waals surface area contributed by atoms with Gasteiger partial charge in [-0.05, 0) is 36.5 Å². The predicted octanol–water partition coefficient (Wildman–Crippen LogP) is 4.18. The number of anilines is 1. The van der Waals surface area contributed by atoms with Crippen LogP contribution in [-0.4, -0.2) is 33.0 Å². The van der Waals surface area contributed by atoms with E-state index in [0.29, 0.717) is 28.3 Å². The Morgan fingerprint density at radius 3 is 2.54 bits per heavy atom. The summed E-state index contributed by atoms with van der Waals surface area (Å²) in [4.78, 5) is 27.8. The number of nitrogens with one attached hydrogen (secondary N) is 1. The SMILES string of the molecule is COC(=O)C1=C(C)NC2=C(C(=O)CC(C)(C)C2)C1c1ccc(N(C)C)cc1Cl. The molecule has 0 aromatic heterocycles. The molecule has 0 amide bonds. The van der Waals surface area contributed by atoms with Gasteiger partial charge in [-0.3, -0.25) is 4.79 Å². The smallest absolute Gasteiger partial charge is 0.336 e. The van der Waals surface area contributed by atoms with E-state index in [1.165, 1.54) is 7.11 Å². The number of carbonyl (C=O) groups excluding carboxylic acids is 2. The molecule has 1 heterocycles. The zero-order valence-electron chi connectivity index (χ0n) is 17.3. The average molecular weight is 403 g/mol. The Morgan fingerprint density at radius 2 is 1.96 bits per heavy atom. The summed E-state index contributed by atoms with van der Waals surface area (Å²) in [5.41, 5.74) is 4.22. The molecule has 3 rings (SSSR count). The van der Waals surface area contributed by atoms with Crippen LogP contribution in [0.15, 0.2) is 40.7 Å². The molecular weight excluding hydrogens is 376 g/mol. The number of hydrogen-bond donors (Lipinski definition) is 1. The second kappa shape index (κ2) is 7.28. The number of methoxy groups -OCH3 is 1. The van der Waals surface area contributed by atoms with Crippen LogP contribution in [0.3, 0.4) is 0 Å². The molecular formula is C22H27ClN2O3. The Bertz CT molecular complexity index is 912. The zero-order valence-corrected chi connectivity index (χ0v) is 18.0. The molecule has 0 spiro atoms. The first kappa shape index (κ1) is 20.5. The van der Waals surface area contributed by atoms with Crippen LogP contribution in [0.2, 0.25) is 5.02 Å². The maximum Gasteiger partial charge on any atom is 0.336 e. The van der Waals surface area contributed by atoms with Crippen LogP contribution < -0.4 is 10.2 Å². The second-order valence-corrected chi connectivity index (χ2v) is 8.93. The Balaban J connectivity index is 2.22. The fourth-order valence-corrected chi connectivity index (χ4v) is 4.44. The van der Waals surface area contributed by atoms with Crippen molar-refractivity contribution in [3.63, 3.8) is 0 Å². The zero-order chi connectivity index (χ0) is 20.8. The normalized spacial score (nSPS) is 21.2.